The molecule has 0 spiro atoms. The molecule has 0 radical (unpaired) electrons. The van der Waals surface area contributed by atoms with Gasteiger partial charge in [-0.2, -0.15) is 0 Å². The van der Waals surface area contributed by atoms with Crippen LogP contribution in [0.2, 0.25) is 5.02 Å². The summed E-state index contributed by atoms with van der Waals surface area (Å²) in [7, 11) is 0. The van der Waals surface area contributed by atoms with Gasteiger partial charge in [0.05, 0.1) is 0 Å². The number of rotatable bonds is 9. The Bertz CT molecular complexity index is 392. The van der Waals surface area contributed by atoms with Crippen molar-refractivity contribution in [1.82, 2.24) is 4.90 Å². The van der Waals surface area contributed by atoms with Gasteiger partial charge in [-0.15, -0.1) is 11.6 Å². The van der Waals surface area contributed by atoms with Gasteiger partial charge in [0, 0.05) is 29.7 Å². The maximum Gasteiger partial charge on any atom is 0.0495 e. The van der Waals surface area contributed by atoms with Crippen LogP contribution in [-0.4, -0.2) is 37.6 Å². The second-order valence-electron chi connectivity index (χ2n) is 4.87. The van der Waals surface area contributed by atoms with Gasteiger partial charge in [-0.25, -0.2) is 0 Å². The molecule has 0 bridgehead atoms. The zero-order valence-corrected chi connectivity index (χ0v) is 14.3. The lowest BCUT2D eigenvalue weighted by molar-refractivity contribution is 0.300. The number of halogens is 2. The Morgan fingerprint density at radius 3 is 2.25 bits per heavy atom. The topological polar surface area (TPSA) is 6.48 Å². The highest BCUT2D eigenvalue weighted by molar-refractivity contribution is 6.30. The SMILES string of the molecule is CCN(CC)CCCN(CC)c1ccc(Cl)cc1CCl. The zero-order valence-electron chi connectivity index (χ0n) is 12.8. The smallest absolute Gasteiger partial charge is 0.0495 e. The maximum atomic E-state index is 6.04. The normalized spacial score (nSPS) is 11.1. The molecule has 0 fully saturated rings. The molecule has 20 heavy (non-hydrogen) atoms. The van der Waals surface area contributed by atoms with E-state index >= 15 is 0 Å². The van der Waals surface area contributed by atoms with Crippen molar-refractivity contribution in [2.45, 2.75) is 33.1 Å². The fourth-order valence-corrected chi connectivity index (χ4v) is 2.85. The summed E-state index contributed by atoms with van der Waals surface area (Å²) in [6.45, 7) is 12.0. The average molecular weight is 317 g/mol. The second-order valence-corrected chi connectivity index (χ2v) is 5.57. The van der Waals surface area contributed by atoms with Crippen molar-refractivity contribution in [1.29, 1.82) is 0 Å². The van der Waals surface area contributed by atoms with Crippen molar-refractivity contribution in [2.75, 3.05) is 37.6 Å². The summed E-state index contributed by atoms with van der Waals surface area (Å²) < 4.78 is 0. The molecule has 0 amide bonds. The quantitative estimate of drug-likeness (QED) is 0.612. The van der Waals surface area contributed by atoms with Crippen molar-refractivity contribution in [3.8, 4) is 0 Å². The Balaban J connectivity index is 2.66. The summed E-state index contributed by atoms with van der Waals surface area (Å²) in [5, 5.41) is 0.753. The molecule has 0 N–H and O–H groups in total. The summed E-state index contributed by atoms with van der Waals surface area (Å²) >= 11 is 12.1. The Kier molecular flexibility index (Phi) is 8.35. The van der Waals surface area contributed by atoms with Crippen LogP contribution in [0.5, 0.6) is 0 Å². The first kappa shape index (κ1) is 17.6. The molecule has 2 nitrogen and oxygen atoms in total. The summed E-state index contributed by atoms with van der Waals surface area (Å²) in [5.74, 6) is 0.502. The Labute approximate surface area is 133 Å². The predicted molar refractivity (Wildman–Crippen MR) is 91.3 cm³/mol. The zero-order chi connectivity index (χ0) is 15.0. The number of anilines is 1. The molecule has 4 heteroatoms. The van der Waals surface area contributed by atoms with E-state index < -0.39 is 0 Å². The number of hydrogen-bond donors (Lipinski definition) is 0. The van der Waals surface area contributed by atoms with Gasteiger partial charge in [-0.05, 0) is 56.7 Å². The van der Waals surface area contributed by atoms with E-state index in [4.69, 9.17) is 23.2 Å². The maximum absolute atomic E-state index is 6.04. The van der Waals surface area contributed by atoms with Crippen LogP contribution in [0.15, 0.2) is 18.2 Å². The van der Waals surface area contributed by atoms with Crippen LogP contribution >= 0.6 is 23.2 Å². The van der Waals surface area contributed by atoms with Crippen LogP contribution in [0.4, 0.5) is 5.69 Å². The fraction of sp³-hybridized carbons (Fsp3) is 0.625. The molecule has 0 heterocycles. The molecule has 0 unspecified atom stereocenters. The first-order valence-corrected chi connectivity index (χ1v) is 8.39. The summed E-state index contributed by atoms with van der Waals surface area (Å²) in [6.07, 6.45) is 1.17. The highest BCUT2D eigenvalue weighted by Crippen LogP contribution is 2.26. The van der Waals surface area contributed by atoms with Gasteiger partial charge in [0.15, 0.2) is 0 Å². The van der Waals surface area contributed by atoms with Gasteiger partial charge in [0.25, 0.3) is 0 Å². The number of alkyl halides is 1. The predicted octanol–water partition coefficient (Wildman–Crippen LogP) is 4.64. The van der Waals surface area contributed by atoms with E-state index in [-0.39, 0.29) is 0 Å². The van der Waals surface area contributed by atoms with E-state index in [0.717, 1.165) is 43.3 Å². The van der Waals surface area contributed by atoms with E-state index in [0.29, 0.717) is 5.88 Å². The molecule has 0 aromatic heterocycles. The van der Waals surface area contributed by atoms with Crippen LogP contribution < -0.4 is 4.90 Å². The standard InChI is InChI=1S/C16H26Cl2N2/c1-4-19(5-2)10-7-11-20(6-3)16-9-8-15(18)12-14(16)13-17/h8-9,12H,4-7,10-11,13H2,1-3H3. The van der Waals surface area contributed by atoms with Gasteiger partial charge in [-0.3, -0.25) is 0 Å². The summed E-state index contributed by atoms with van der Waals surface area (Å²) in [4.78, 5) is 4.84. The Morgan fingerprint density at radius 1 is 1.00 bits per heavy atom. The van der Waals surface area contributed by atoms with Crippen molar-refractivity contribution in [3.05, 3.63) is 28.8 Å². The molecular weight excluding hydrogens is 291 g/mol. The van der Waals surface area contributed by atoms with E-state index in [1.165, 1.54) is 12.1 Å². The van der Waals surface area contributed by atoms with Crippen molar-refractivity contribution >= 4 is 28.9 Å². The van der Waals surface area contributed by atoms with Gasteiger partial charge in [-0.1, -0.05) is 25.4 Å². The molecule has 1 aromatic rings. The largest absolute Gasteiger partial charge is 0.372 e. The highest BCUT2D eigenvalue weighted by Gasteiger charge is 2.10. The second kappa shape index (κ2) is 9.49. The Morgan fingerprint density at radius 2 is 1.70 bits per heavy atom. The summed E-state index contributed by atoms with van der Waals surface area (Å²) in [5.41, 5.74) is 2.33. The van der Waals surface area contributed by atoms with Crippen molar-refractivity contribution < 1.29 is 0 Å². The third-order valence-corrected chi connectivity index (χ3v) is 4.23. The monoisotopic (exact) mass is 316 g/mol. The lowest BCUT2D eigenvalue weighted by Crippen LogP contribution is -2.30. The van der Waals surface area contributed by atoms with Crippen LogP contribution in [-0.2, 0) is 5.88 Å². The first-order chi connectivity index (χ1) is 9.65. The van der Waals surface area contributed by atoms with Crippen LogP contribution in [0, 0.1) is 0 Å². The van der Waals surface area contributed by atoms with Crippen molar-refractivity contribution in [3.63, 3.8) is 0 Å². The van der Waals surface area contributed by atoms with Gasteiger partial charge in [0.2, 0.25) is 0 Å². The molecule has 0 saturated carbocycles. The van der Waals surface area contributed by atoms with Gasteiger partial charge < -0.3 is 9.80 Å². The average Bonchev–Trinajstić information content (AvgIpc) is 2.48. The molecule has 1 rings (SSSR count). The first-order valence-electron chi connectivity index (χ1n) is 7.47. The lowest BCUT2D eigenvalue weighted by Gasteiger charge is -2.27. The molecule has 0 aliphatic heterocycles. The number of hydrogen-bond acceptors (Lipinski definition) is 2. The van der Waals surface area contributed by atoms with Gasteiger partial charge in [0.1, 0.15) is 0 Å². The van der Waals surface area contributed by atoms with Crippen LogP contribution in [0.25, 0.3) is 0 Å². The molecular formula is C16H26Cl2N2. The molecule has 0 atom stereocenters. The number of nitrogens with zero attached hydrogens (tertiary/aromatic N) is 2. The molecule has 1 aromatic carbocycles. The highest BCUT2D eigenvalue weighted by atomic mass is 35.5. The lowest BCUT2D eigenvalue weighted by atomic mass is 10.1. The summed E-state index contributed by atoms with van der Waals surface area (Å²) in [6, 6.07) is 6.00. The molecule has 0 aliphatic carbocycles. The van der Waals surface area contributed by atoms with E-state index in [9.17, 15) is 0 Å². The van der Waals surface area contributed by atoms with Crippen LogP contribution in [0.3, 0.4) is 0 Å². The molecule has 0 aliphatic rings. The van der Waals surface area contributed by atoms with E-state index in [1.807, 2.05) is 12.1 Å². The number of benzene rings is 1. The minimum absolute atomic E-state index is 0.502. The minimum Gasteiger partial charge on any atom is -0.372 e. The molecule has 114 valence electrons. The third kappa shape index (κ3) is 5.16. The van der Waals surface area contributed by atoms with Crippen LogP contribution in [0.1, 0.15) is 32.8 Å². The molecule has 0 saturated heterocycles. The minimum atomic E-state index is 0.502. The Hall–Kier alpha value is -0.440. The van der Waals surface area contributed by atoms with E-state index in [2.05, 4.69) is 36.6 Å². The fourth-order valence-electron chi connectivity index (χ4n) is 2.44. The van der Waals surface area contributed by atoms with Crippen molar-refractivity contribution in [2.24, 2.45) is 0 Å². The van der Waals surface area contributed by atoms with Gasteiger partial charge >= 0.3 is 0 Å². The van der Waals surface area contributed by atoms with E-state index in [1.54, 1.807) is 0 Å². The third-order valence-electron chi connectivity index (χ3n) is 3.70.